The van der Waals surface area contributed by atoms with E-state index in [1.807, 2.05) is 38.3 Å². The molecular formula is C30H41N5O3. The van der Waals surface area contributed by atoms with Gasteiger partial charge in [-0.25, -0.2) is 5.84 Å². The highest BCUT2D eigenvalue weighted by Gasteiger charge is 2.40. The molecule has 2 heterocycles. The molecule has 0 saturated carbocycles. The van der Waals surface area contributed by atoms with E-state index in [4.69, 9.17) is 16.3 Å². The molecule has 0 amide bonds. The molecule has 0 fully saturated rings. The molecule has 2 aromatic carbocycles. The van der Waals surface area contributed by atoms with E-state index >= 15 is 0 Å². The van der Waals surface area contributed by atoms with Gasteiger partial charge in [0.15, 0.2) is 0 Å². The summed E-state index contributed by atoms with van der Waals surface area (Å²) in [6, 6.07) is 10.2. The Morgan fingerprint density at radius 2 is 2.03 bits per heavy atom. The van der Waals surface area contributed by atoms with Gasteiger partial charge in [-0.15, -0.1) is 0 Å². The molecule has 4 rings (SSSR count). The number of aryl methyl sites for hydroxylation is 1. The van der Waals surface area contributed by atoms with E-state index in [0.717, 1.165) is 54.3 Å². The van der Waals surface area contributed by atoms with Crippen LogP contribution in [0.15, 0.2) is 53.9 Å². The van der Waals surface area contributed by atoms with Crippen molar-refractivity contribution in [1.29, 1.82) is 0 Å². The number of nitrogens with two attached hydrogens (primary N) is 2. The largest absolute Gasteiger partial charge is 0.492 e. The molecule has 0 spiro atoms. The Kier molecular flexibility index (Phi) is 8.04. The monoisotopic (exact) mass is 519 g/mol. The molecule has 0 aliphatic carbocycles. The van der Waals surface area contributed by atoms with E-state index in [2.05, 4.69) is 35.3 Å². The standard InChI is InChI=1S/C30H41N5O3/c1-6-35(32)25-10-9-24(20(3)28(25)31)27(30(4,5)29(36)37)21-8-7-19(2)22(15-21)17-34-13-14-38-26-11-12-33-16-23(26)18-34/h7-12,15,27,33H,6,13-14,16-18,31-32H2,1-5H3,(H,36,37). The number of nitrogens with zero attached hydrogens (tertiary/aromatic N) is 2. The van der Waals surface area contributed by atoms with Crippen molar-refractivity contribution in [3.63, 3.8) is 0 Å². The molecule has 2 aliphatic rings. The number of hydrogen-bond donors (Lipinski definition) is 4. The average molecular weight is 520 g/mol. The number of carboxylic acid groups (broad SMARTS) is 1. The van der Waals surface area contributed by atoms with Gasteiger partial charge in [0.05, 0.1) is 16.8 Å². The number of nitrogens with one attached hydrogen (secondary N) is 1. The van der Waals surface area contributed by atoms with E-state index in [-0.39, 0.29) is 0 Å². The van der Waals surface area contributed by atoms with Crippen LogP contribution in [0.1, 0.15) is 54.5 Å². The third kappa shape index (κ3) is 5.37. The zero-order valence-corrected chi connectivity index (χ0v) is 23.2. The Morgan fingerprint density at radius 1 is 1.26 bits per heavy atom. The topological polar surface area (TPSA) is 117 Å². The first-order valence-electron chi connectivity index (χ1n) is 13.3. The van der Waals surface area contributed by atoms with Gasteiger partial charge in [0, 0.05) is 50.4 Å². The zero-order chi connectivity index (χ0) is 27.6. The molecule has 2 aliphatic heterocycles. The molecule has 8 heteroatoms. The van der Waals surface area contributed by atoms with Crippen molar-refractivity contribution in [1.82, 2.24) is 10.2 Å². The summed E-state index contributed by atoms with van der Waals surface area (Å²) >= 11 is 0. The van der Waals surface area contributed by atoms with Gasteiger partial charge in [0.25, 0.3) is 0 Å². The minimum absolute atomic E-state index is 0.405. The fourth-order valence-electron chi connectivity index (χ4n) is 5.43. The molecule has 0 aromatic heterocycles. The second-order valence-electron chi connectivity index (χ2n) is 10.9. The van der Waals surface area contributed by atoms with Crippen LogP contribution in [-0.2, 0) is 16.1 Å². The van der Waals surface area contributed by atoms with Gasteiger partial charge in [-0.3, -0.25) is 9.69 Å². The number of hydrazine groups is 1. The summed E-state index contributed by atoms with van der Waals surface area (Å²) in [5, 5.41) is 15.2. The number of dihydropyridines is 1. The summed E-state index contributed by atoms with van der Waals surface area (Å²) in [5.74, 6) is 5.85. The van der Waals surface area contributed by atoms with Crippen LogP contribution >= 0.6 is 0 Å². The van der Waals surface area contributed by atoms with E-state index in [1.54, 1.807) is 18.9 Å². The molecule has 0 radical (unpaired) electrons. The van der Waals surface area contributed by atoms with Gasteiger partial charge in [-0.1, -0.05) is 24.3 Å². The maximum atomic E-state index is 12.6. The van der Waals surface area contributed by atoms with Gasteiger partial charge in [-0.2, -0.15) is 0 Å². The lowest BCUT2D eigenvalue weighted by molar-refractivity contribution is -0.147. The normalized spacial score (nSPS) is 16.8. The fourth-order valence-corrected chi connectivity index (χ4v) is 5.43. The summed E-state index contributed by atoms with van der Waals surface area (Å²) in [4.78, 5) is 15.0. The number of aliphatic carboxylic acids is 1. The molecule has 0 saturated heterocycles. The number of ether oxygens (including phenoxy) is 1. The smallest absolute Gasteiger partial charge is 0.310 e. The molecule has 2 aromatic rings. The van der Waals surface area contributed by atoms with Crippen LogP contribution in [0.5, 0.6) is 0 Å². The number of allylic oxidation sites excluding steroid dienone is 1. The Morgan fingerprint density at radius 3 is 2.74 bits per heavy atom. The molecule has 38 heavy (non-hydrogen) atoms. The van der Waals surface area contributed by atoms with Crippen LogP contribution in [-0.4, -0.2) is 48.8 Å². The number of carbonyl (C=O) groups is 1. The first-order chi connectivity index (χ1) is 18.0. The highest BCUT2D eigenvalue weighted by molar-refractivity contribution is 5.78. The van der Waals surface area contributed by atoms with E-state index in [1.165, 1.54) is 16.7 Å². The molecule has 1 atom stereocenters. The highest BCUT2D eigenvalue weighted by Crippen LogP contribution is 2.45. The Bertz CT molecular complexity index is 1270. The van der Waals surface area contributed by atoms with Gasteiger partial charge in [0.1, 0.15) is 12.4 Å². The third-order valence-corrected chi connectivity index (χ3v) is 7.96. The number of carboxylic acids is 1. The number of anilines is 2. The lowest BCUT2D eigenvalue weighted by atomic mass is 9.69. The van der Waals surface area contributed by atoms with Crippen LogP contribution in [0.2, 0.25) is 0 Å². The van der Waals surface area contributed by atoms with Crippen LogP contribution < -0.4 is 21.9 Å². The summed E-state index contributed by atoms with van der Waals surface area (Å²) in [5.41, 5.74) is 13.1. The van der Waals surface area contributed by atoms with E-state index in [0.29, 0.717) is 18.8 Å². The fraction of sp³-hybridized carbons (Fsp3) is 0.433. The Labute approximate surface area is 225 Å². The van der Waals surface area contributed by atoms with Crippen LogP contribution in [0.3, 0.4) is 0 Å². The van der Waals surface area contributed by atoms with Crippen LogP contribution in [0.25, 0.3) is 0 Å². The van der Waals surface area contributed by atoms with Crippen LogP contribution in [0, 0.1) is 19.3 Å². The van der Waals surface area contributed by atoms with Gasteiger partial charge in [0.2, 0.25) is 0 Å². The SMILES string of the molecule is CCN(N)c1ccc(C(c2ccc(C)c(CN3CCOC4=C(CNC=C4)C3)c2)C(C)(C)C(=O)O)c(C)c1N. The predicted octanol–water partition coefficient (Wildman–Crippen LogP) is 4.03. The van der Waals surface area contributed by atoms with Gasteiger partial charge < -0.3 is 25.9 Å². The first-order valence-corrected chi connectivity index (χ1v) is 13.3. The van der Waals surface area contributed by atoms with Crippen molar-refractivity contribution in [3.05, 3.63) is 81.8 Å². The minimum atomic E-state index is -1.07. The Balaban J connectivity index is 1.74. The maximum absolute atomic E-state index is 12.6. The van der Waals surface area contributed by atoms with Crippen molar-refractivity contribution < 1.29 is 14.6 Å². The summed E-state index contributed by atoms with van der Waals surface area (Å²) in [6.07, 6.45) is 3.93. The third-order valence-electron chi connectivity index (χ3n) is 7.96. The predicted molar refractivity (Wildman–Crippen MR) is 153 cm³/mol. The highest BCUT2D eigenvalue weighted by atomic mass is 16.5. The lowest BCUT2D eigenvalue weighted by Crippen LogP contribution is -2.34. The summed E-state index contributed by atoms with van der Waals surface area (Å²) in [7, 11) is 0. The molecule has 204 valence electrons. The molecule has 1 unspecified atom stereocenters. The maximum Gasteiger partial charge on any atom is 0.310 e. The molecule has 6 N–H and O–H groups in total. The van der Waals surface area contributed by atoms with Crippen molar-refractivity contribution in [3.8, 4) is 0 Å². The molecule has 0 bridgehead atoms. The van der Waals surface area contributed by atoms with Crippen molar-refractivity contribution in [2.75, 3.05) is 43.5 Å². The molecular weight excluding hydrogens is 478 g/mol. The number of nitrogen functional groups attached to an aromatic ring is 1. The number of rotatable bonds is 8. The number of benzene rings is 2. The van der Waals surface area contributed by atoms with Crippen molar-refractivity contribution in [2.45, 2.75) is 47.1 Å². The molecule has 8 nitrogen and oxygen atoms in total. The zero-order valence-electron chi connectivity index (χ0n) is 23.2. The van der Waals surface area contributed by atoms with Gasteiger partial charge in [-0.05, 0) is 74.6 Å². The average Bonchev–Trinajstić information content (AvgIpc) is 3.09. The summed E-state index contributed by atoms with van der Waals surface area (Å²) < 4.78 is 5.98. The lowest BCUT2D eigenvalue weighted by Gasteiger charge is -2.34. The van der Waals surface area contributed by atoms with Crippen molar-refractivity contribution in [2.24, 2.45) is 11.3 Å². The van der Waals surface area contributed by atoms with E-state index in [9.17, 15) is 9.90 Å². The first kappa shape index (κ1) is 27.5. The second-order valence-corrected chi connectivity index (χ2v) is 10.9. The second kappa shape index (κ2) is 11.1. The quantitative estimate of drug-likeness (QED) is 0.235. The number of hydrogen-bond acceptors (Lipinski definition) is 7. The summed E-state index contributed by atoms with van der Waals surface area (Å²) in [6.45, 7) is 14.0. The van der Waals surface area contributed by atoms with E-state index < -0.39 is 17.3 Å². The van der Waals surface area contributed by atoms with Crippen molar-refractivity contribution >= 4 is 17.3 Å². The van der Waals surface area contributed by atoms with Gasteiger partial charge >= 0.3 is 5.97 Å². The van der Waals surface area contributed by atoms with Crippen LogP contribution in [0.4, 0.5) is 11.4 Å². The Hall–Kier alpha value is -3.49. The minimum Gasteiger partial charge on any atom is -0.492 e.